The lowest BCUT2D eigenvalue weighted by atomic mass is 10.6. The predicted octanol–water partition coefficient (Wildman–Crippen LogP) is 0.680. The number of rotatable bonds is 7. The Morgan fingerprint density at radius 2 is 2.29 bits per heavy atom. The molecule has 1 aromatic rings. The highest BCUT2D eigenvalue weighted by atomic mass is 35.5. The van der Waals surface area contributed by atoms with E-state index in [0.717, 1.165) is 5.82 Å². The number of halogens is 1. The van der Waals surface area contributed by atoms with Gasteiger partial charge in [-0.25, -0.2) is 9.67 Å². The van der Waals surface area contributed by atoms with Gasteiger partial charge in [0.15, 0.2) is 0 Å². The molecular weight excluding hydrogens is 206 g/mol. The van der Waals surface area contributed by atoms with E-state index in [9.17, 15) is 0 Å². The van der Waals surface area contributed by atoms with Gasteiger partial charge < -0.3 is 9.47 Å². The van der Waals surface area contributed by atoms with Crippen LogP contribution in [-0.4, -0.2) is 41.7 Å². The van der Waals surface area contributed by atoms with Crippen molar-refractivity contribution in [3.05, 3.63) is 12.2 Å². The summed E-state index contributed by atoms with van der Waals surface area (Å²) in [5.41, 5.74) is 0. The van der Waals surface area contributed by atoms with E-state index in [0.29, 0.717) is 32.2 Å². The van der Waals surface area contributed by atoms with Crippen LogP contribution in [0.5, 0.6) is 0 Å². The molecule has 80 valence electrons. The highest BCUT2D eigenvalue weighted by Gasteiger charge is 2.01. The van der Waals surface area contributed by atoms with Crippen molar-refractivity contribution in [1.29, 1.82) is 0 Å². The van der Waals surface area contributed by atoms with Crippen LogP contribution in [0.1, 0.15) is 5.82 Å². The topological polar surface area (TPSA) is 49.2 Å². The molecule has 0 aliphatic rings. The second-order valence-corrected chi connectivity index (χ2v) is 2.91. The summed E-state index contributed by atoms with van der Waals surface area (Å²) in [4.78, 5) is 3.99. The van der Waals surface area contributed by atoms with Crippen molar-refractivity contribution >= 4 is 11.6 Å². The van der Waals surface area contributed by atoms with Crippen LogP contribution in [0.25, 0.3) is 0 Å². The van der Waals surface area contributed by atoms with Crippen molar-refractivity contribution in [3.8, 4) is 0 Å². The molecule has 0 radical (unpaired) electrons. The summed E-state index contributed by atoms with van der Waals surface area (Å²) in [6.07, 6.45) is 1.49. The maximum Gasteiger partial charge on any atom is 0.141 e. The maximum atomic E-state index is 5.65. The summed E-state index contributed by atoms with van der Waals surface area (Å²) in [5.74, 6) is 1.14. The fraction of sp³-hybridized carbons (Fsp3) is 0.750. The number of alkyl halides is 1. The van der Waals surface area contributed by atoms with E-state index >= 15 is 0 Å². The average molecular weight is 220 g/mol. The maximum absolute atomic E-state index is 5.65. The van der Waals surface area contributed by atoms with Crippen molar-refractivity contribution in [2.45, 2.75) is 12.4 Å². The third-order valence-corrected chi connectivity index (χ3v) is 1.93. The second-order valence-electron chi connectivity index (χ2n) is 2.64. The Morgan fingerprint density at radius 3 is 3.00 bits per heavy atom. The number of methoxy groups -OCH3 is 1. The Hall–Kier alpha value is -0.650. The molecule has 14 heavy (non-hydrogen) atoms. The Labute approximate surface area is 88.0 Å². The van der Waals surface area contributed by atoms with Crippen molar-refractivity contribution in [2.75, 3.05) is 26.9 Å². The van der Waals surface area contributed by atoms with Crippen molar-refractivity contribution in [3.63, 3.8) is 0 Å². The number of hydrogen-bond donors (Lipinski definition) is 0. The zero-order chi connectivity index (χ0) is 10.2. The number of ether oxygens (including phenoxy) is 2. The summed E-state index contributed by atoms with van der Waals surface area (Å²) in [7, 11) is 1.65. The average Bonchev–Trinajstić information content (AvgIpc) is 2.65. The Bertz CT molecular complexity index is 254. The van der Waals surface area contributed by atoms with E-state index in [2.05, 4.69) is 10.1 Å². The first-order valence-corrected chi connectivity index (χ1v) is 4.91. The zero-order valence-electron chi connectivity index (χ0n) is 8.15. The van der Waals surface area contributed by atoms with Crippen LogP contribution in [0.4, 0.5) is 0 Å². The molecule has 6 heteroatoms. The molecule has 0 aliphatic heterocycles. The van der Waals surface area contributed by atoms with Gasteiger partial charge in [-0.15, -0.1) is 11.6 Å². The molecule has 0 saturated carbocycles. The van der Waals surface area contributed by atoms with Crippen molar-refractivity contribution < 1.29 is 9.47 Å². The van der Waals surface area contributed by atoms with E-state index in [1.165, 1.54) is 6.33 Å². The van der Waals surface area contributed by atoms with Gasteiger partial charge in [-0.3, -0.25) is 0 Å². The predicted molar refractivity (Wildman–Crippen MR) is 52.3 cm³/mol. The van der Waals surface area contributed by atoms with Crippen molar-refractivity contribution in [2.24, 2.45) is 0 Å². The molecule has 1 rings (SSSR count). The van der Waals surface area contributed by atoms with Gasteiger partial charge in [0.05, 0.1) is 32.2 Å². The number of nitrogens with zero attached hydrogens (tertiary/aromatic N) is 3. The first-order valence-electron chi connectivity index (χ1n) is 4.37. The first kappa shape index (κ1) is 11.4. The minimum Gasteiger partial charge on any atom is -0.382 e. The monoisotopic (exact) mass is 219 g/mol. The van der Waals surface area contributed by atoms with Crippen LogP contribution in [-0.2, 0) is 21.9 Å². The Kier molecular flexibility index (Phi) is 5.51. The summed E-state index contributed by atoms with van der Waals surface area (Å²) >= 11 is 5.65. The Balaban J connectivity index is 2.17. The highest BCUT2D eigenvalue weighted by molar-refractivity contribution is 6.16. The SMILES string of the molecule is COCCOCCn1ncnc1CCl. The highest BCUT2D eigenvalue weighted by Crippen LogP contribution is 1.98. The third-order valence-electron chi connectivity index (χ3n) is 1.69. The van der Waals surface area contributed by atoms with E-state index in [1.807, 2.05) is 0 Å². The minimum atomic E-state index is 0.373. The summed E-state index contributed by atoms with van der Waals surface area (Å²) in [6.45, 7) is 2.48. The Morgan fingerprint density at radius 1 is 1.43 bits per heavy atom. The fourth-order valence-corrected chi connectivity index (χ4v) is 1.18. The van der Waals surface area contributed by atoms with E-state index in [1.54, 1.807) is 11.8 Å². The molecule has 1 heterocycles. The van der Waals surface area contributed by atoms with Gasteiger partial charge in [-0.1, -0.05) is 0 Å². The normalized spacial score (nSPS) is 10.7. The lowest BCUT2D eigenvalue weighted by molar-refractivity contribution is 0.0651. The van der Waals surface area contributed by atoms with Crippen LogP contribution >= 0.6 is 11.6 Å². The third kappa shape index (κ3) is 3.61. The second kappa shape index (κ2) is 6.75. The largest absolute Gasteiger partial charge is 0.382 e. The summed E-state index contributed by atoms with van der Waals surface area (Å²) in [6, 6.07) is 0. The molecule has 0 aromatic carbocycles. The fourth-order valence-electron chi connectivity index (χ4n) is 0.974. The number of hydrogen-bond acceptors (Lipinski definition) is 4. The van der Waals surface area contributed by atoms with Gasteiger partial charge in [0.25, 0.3) is 0 Å². The lowest BCUT2D eigenvalue weighted by Gasteiger charge is -2.04. The molecular formula is C8H14ClN3O2. The van der Waals surface area contributed by atoms with Gasteiger partial charge in [0, 0.05) is 7.11 Å². The van der Waals surface area contributed by atoms with E-state index in [-0.39, 0.29) is 0 Å². The zero-order valence-corrected chi connectivity index (χ0v) is 8.90. The summed E-state index contributed by atoms with van der Waals surface area (Å²) < 4.78 is 11.9. The molecule has 0 amide bonds. The molecule has 0 N–H and O–H groups in total. The van der Waals surface area contributed by atoms with Crippen LogP contribution in [0.15, 0.2) is 6.33 Å². The summed E-state index contributed by atoms with van der Waals surface area (Å²) in [5, 5.41) is 4.01. The van der Waals surface area contributed by atoms with Crippen LogP contribution in [0.3, 0.4) is 0 Å². The smallest absolute Gasteiger partial charge is 0.141 e. The molecule has 0 atom stereocenters. The molecule has 5 nitrogen and oxygen atoms in total. The van der Waals surface area contributed by atoms with Gasteiger partial charge >= 0.3 is 0 Å². The molecule has 0 spiro atoms. The van der Waals surface area contributed by atoms with E-state index in [4.69, 9.17) is 21.1 Å². The molecule has 0 saturated heterocycles. The number of aromatic nitrogens is 3. The molecule has 1 aromatic heterocycles. The lowest BCUT2D eigenvalue weighted by Crippen LogP contribution is -2.12. The van der Waals surface area contributed by atoms with Gasteiger partial charge in [-0.05, 0) is 0 Å². The van der Waals surface area contributed by atoms with E-state index < -0.39 is 0 Å². The van der Waals surface area contributed by atoms with Crippen molar-refractivity contribution in [1.82, 2.24) is 14.8 Å². The van der Waals surface area contributed by atoms with Crippen LogP contribution in [0, 0.1) is 0 Å². The van der Waals surface area contributed by atoms with Gasteiger partial charge in [-0.2, -0.15) is 5.10 Å². The van der Waals surface area contributed by atoms with Gasteiger partial charge in [0.2, 0.25) is 0 Å². The van der Waals surface area contributed by atoms with Crippen LogP contribution in [0.2, 0.25) is 0 Å². The molecule has 0 fully saturated rings. The van der Waals surface area contributed by atoms with Crippen LogP contribution < -0.4 is 0 Å². The molecule has 0 aliphatic carbocycles. The first-order chi connectivity index (χ1) is 6.88. The quantitative estimate of drug-likeness (QED) is 0.500. The standard InChI is InChI=1S/C8H14ClN3O2/c1-13-4-5-14-3-2-12-8(6-9)10-7-11-12/h7H,2-6H2,1H3. The molecule has 0 bridgehead atoms. The minimum absolute atomic E-state index is 0.373. The van der Waals surface area contributed by atoms with Gasteiger partial charge in [0.1, 0.15) is 12.2 Å². The molecule has 0 unspecified atom stereocenters.